The number of ether oxygens (including phenoxy) is 1. The number of carbonyl (C=O) groups excluding carboxylic acids is 1. The van der Waals surface area contributed by atoms with E-state index in [1.807, 2.05) is 50.2 Å². The Morgan fingerprint density at radius 2 is 1.55 bits per heavy atom. The average molecular weight is 396 g/mol. The maximum absolute atomic E-state index is 13.4. The lowest BCUT2D eigenvalue weighted by molar-refractivity contribution is 0.0693. The lowest BCUT2D eigenvalue weighted by Gasteiger charge is -2.35. The molecule has 0 amide bonds. The molecule has 1 unspecified atom stereocenters. The maximum Gasteiger partial charge on any atom is 0.335 e. The van der Waals surface area contributed by atoms with Crippen LogP contribution in [0.15, 0.2) is 48.5 Å². The Balaban J connectivity index is 1.79. The van der Waals surface area contributed by atoms with Gasteiger partial charge in [-0.1, -0.05) is 12.1 Å². The van der Waals surface area contributed by atoms with E-state index in [1.165, 1.54) is 0 Å². The normalized spacial score (nSPS) is 16.5. The fourth-order valence-electron chi connectivity index (χ4n) is 3.56. The number of carboxylic acids is 1. The van der Waals surface area contributed by atoms with E-state index in [4.69, 9.17) is 9.84 Å². The van der Waals surface area contributed by atoms with Crippen LogP contribution >= 0.6 is 0 Å². The second-order valence-corrected chi connectivity index (χ2v) is 7.82. The molecular weight excluding hydrogens is 368 g/mol. The zero-order valence-corrected chi connectivity index (χ0v) is 17.2. The number of ketones is 1. The van der Waals surface area contributed by atoms with Gasteiger partial charge < -0.3 is 14.7 Å². The number of anilines is 1. The summed E-state index contributed by atoms with van der Waals surface area (Å²) >= 11 is 0. The van der Waals surface area contributed by atoms with E-state index in [0.29, 0.717) is 12.0 Å². The molecule has 1 N–H and O–H groups in total. The number of rotatable bonds is 7. The highest BCUT2D eigenvalue weighted by Crippen LogP contribution is 2.26. The van der Waals surface area contributed by atoms with Gasteiger partial charge in [0.25, 0.3) is 0 Å². The molecule has 1 atom stereocenters. The van der Waals surface area contributed by atoms with Crippen molar-refractivity contribution in [3.05, 3.63) is 65.2 Å². The Morgan fingerprint density at radius 1 is 1.00 bits per heavy atom. The van der Waals surface area contributed by atoms with Crippen LogP contribution in [0.5, 0.6) is 0 Å². The lowest BCUT2D eigenvalue weighted by Crippen LogP contribution is -2.50. The molecule has 0 spiro atoms. The van der Waals surface area contributed by atoms with Crippen LogP contribution in [0.25, 0.3) is 0 Å². The van der Waals surface area contributed by atoms with E-state index in [2.05, 4.69) is 4.90 Å². The summed E-state index contributed by atoms with van der Waals surface area (Å²) in [7, 11) is 3.79. The van der Waals surface area contributed by atoms with Crippen molar-refractivity contribution < 1.29 is 19.4 Å². The summed E-state index contributed by atoms with van der Waals surface area (Å²) in [5.74, 6) is -0.915. The molecule has 6 heteroatoms. The van der Waals surface area contributed by atoms with Crippen molar-refractivity contribution in [2.24, 2.45) is 0 Å². The highest BCUT2D eigenvalue weighted by atomic mass is 16.5. The minimum absolute atomic E-state index is 0.0401. The van der Waals surface area contributed by atoms with Crippen LogP contribution in [0.4, 0.5) is 5.69 Å². The third-order valence-electron chi connectivity index (χ3n) is 5.73. The number of aromatic carboxylic acids is 1. The van der Waals surface area contributed by atoms with Crippen molar-refractivity contribution >= 4 is 17.4 Å². The molecule has 0 saturated carbocycles. The first kappa shape index (κ1) is 21.0. The summed E-state index contributed by atoms with van der Waals surface area (Å²) in [5.41, 5.74) is 2.18. The van der Waals surface area contributed by atoms with Gasteiger partial charge >= 0.3 is 5.97 Å². The number of carbonyl (C=O) groups is 2. The zero-order chi connectivity index (χ0) is 21.0. The van der Waals surface area contributed by atoms with Crippen molar-refractivity contribution in [2.75, 3.05) is 45.3 Å². The molecule has 1 aliphatic rings. The zero-order valence-electron chi connectivity index (χ0n) is 17.2. The monoisotopic (exact) mass is 396 g/mol. The van der Waals surface area contributed by atoms with E-state index in [1.54, 1.807) is 24.3 Å². The Morgan fingerprint density at radius 3 is 2.07 bits per heavy atom. The Kier molecular flexibility index (Phi) is 6.35. The second-order valence-electron chi connectivity index (χ2n) is 7.82. The minimum atomic E-state index is -0.955. The Hall–Kier alpha value is -2.70. The summed E-state index contributed by atoms with van der Waals surface area (Å²) in [6.07, 6.45) is 0.490. The number of benzene rings is 2. The van der Waals surface area contributed by atoms with Crippen LogP contribution in [0.3, 0.4) is 0 Å². The van der Waals surface area contributed by atoms with Crippen molar-refractivity contribution in [3.63, 3.8) is 0 Å². The third-order valence-corrected chi connectivity index (χ3v) is 5.73. The Labute approximate surface area is 171 Å². The van der Waals surface area contributed by atoms with Crippen molar-refractivity contribution in [1.29, 1.82) is 0 Å². The molecule has 6 nitrogen and oxygen atoms in total. The van der Waals surface area contributed by atoms with Crippen molar-refractivity contribution in [1.82, 2.24) is 4.90 Å². The number of nitrogens with zero attached hydrogens (tertiary/aromatic N) is 2. The summed E-state index contributed by atoms with van der Waals surface area (Å²) in [4.78, 5) is 28.7. The fourth-order valence-corrected chi connectivity index (χ4v) is 3.56. The number of hydrogen-bond donors (Lipinski definition) is 1. The molecule has 29 heavy (non-hydrogen) atoms. The van der Waals surface area contributed by atoms with Gasteiger partial charge in [-0.25, -0.2) is 4.79 Å². The SMILES string of the molecule is CN(C)C(C)(Cc1ccc(C(=O)O)cc1)C(=O)c1ccc(N2CCOCC2)cc1. The smallest absolute Gasteiger partial charge is 0.335 e. The van der Waals surface area contributed by atoms with Gasteiger partial charge in [-0.15, -0.1) is 0 Å². The molecule has 0 aromatic heterocycles. The predicted molar refractivity (Wildman–Crippen MR) is 113 cm³/mol. The Bertz CT molecular complexity index is 855. The molecule has 2 aromatic carbocycles. The number of Topliss-reactive ketones (excluding diaryl/α,β-unsaturated/α-hetero) is 1. The number of likely N-dealkylation sites (N-methyl/N-ethyl adjacent to an activating group) is 1. The predicted octanol–water partition coefficient (Wildman–Crippen LogP) is 2.97. The summed E-state index contributed by atoms with van der Waals surface area (Å²) in [5, 5.41) is 9.08. The number of hydrogen-bond acceptors (Lipinski definition) is 5. The summed E-state index contributed by atoms with van der Waals surface area (Å²) in [6.45, 7) is 5.08. The van der Waals surface area contributed by atoms with Gasteiger partial charge in [-0.2, -0.15) is 0 Å². The first-order valence-corrected chi connectivity index (χ1v) is 9.78. The molecular formula is C23H28N2O4. The lowest BCUT2D eigenvalue weighted by atomic mass is 9.84. The highest BCUT2D eigenvalue weighted by Gasteiger charge is 2.36. The van der Waals surface area contributed by atoms with Crippen LogP contribution in [-0.4, -0.2) is 67.7 Å². The molecule has 1 heterocycles. The van der Waals surface area contributed by atoms with E-state index in [9.17, 15) is 9.59 Å². The largest absolute Gasteiger partial charge is 0.478 e. The molecule has 3 rings (SSSR count). The standard InChI is InChI=1S/C23H28N2O4/c1-23(24(2)3,16-17-4-6-19(7-5-17)22(27)28)21(26)18-8-10-20(11-9-18)25-12-14-29-15-13-25/h4-11H,12-16H2,1-3H3,(H,27,28). The van der Waals surface area contributed by atoms with Crippen LogP contribution in [0, 0.1) is 0 Å². The van der Waals surface area contributed by atoms with E-state index >= 15 is 0 Å². The highest BCUT2D eigenvalue weighted by molar-refractivity contribution is 6.03. The minimum Gasteiger partial charge on any atom is -0.478 e. The number of carboxylic acid groups (broad SMARTS) is 1. The molecule has 0 bridgehead atoms. The van der Waals surface area contributed by atoms with Gasteiger partial charge in [0.05, 0.1) is 24.3 Å². The molecule has 0 radical (unpaired) electrons. The van der Waals surface area contributed by atoms with E-state index < -0.39 is 11.5 Å². The summed E-state index contributed by atoms with van der Waals surface area (Å²) < 4.78 is 5.40. The molecule has 2 aromatic rings. The topological polar surface area (TPSA) is 70.1 Å². The van der Waals surface area contributed by atoms with E-state index in [-0.39, 0.29) is 11.3 Å². The van der Waals surface area contributed by atoms with Gasteiger partial charge in [-0.3, -0.25) is 9.69 Å². The summed E-state index contributed by atoms with van der Waals surface area (Å²) in [6, 6.07) is 14.5. The van der Waals surface area contributed by atoms with Crippen molar-refractivity contribution in [2.45, 2.75) is 18.9 Å². The van der Waals surface area contributed by atoms with Gasteiger partial charge in [0, 0.05) is 24.3 Å². The van der Waals surface area contributed by atoms with E-state index in [0.717, 1.165) is 37.6 Å². The average Bonchev–Trinajstić information content (AvgIpc) is 2.74. The maximum atomic E-state index is 13.4. The van der Waals surface area contributed by atoms with Gasteiger partial charge in [0.15, 0.2) is 5.78 Å². The number of morpholine rings is 1. The second kappa shape index (κ2) is 8.76. The van der Waals surface area contributed by atoms with Crippen LogP contribution < -0.4 is 4.90 Å². The molecule has 1 aliphatic heterocycles. The third kappa shape index (κ3) is 4.66. The quantitative estimate of drug-likeness (QED) is 0.726. The molecule has 154 valence electrons. The van der Waals surface area contributed by atoms with Crippen LogP contribution in [0.1, 0.15) is 33.2 Å². The molecule has 1 saturated heterocycles. The molecule has 1 fully saturated rings. The first-order chi connectivity index (χ1) is 13.8. The van der Waals surface area contributed by atoms with Gasteiger partial charge in [0.1, 0.15) is 0 Å². The van der Waals surface area contributed by atoms with Crippen LogP contribution in [0.2, 0.25) is 0 Å². The van der Waals surface area contributed by atoms with Crippen LogP contribution in [-0.2, 0) is 11.2 Å². The van der Waals surface area contributed by atoms with Gasteiger partial charge in [0.2, 0.25) is 0 Å². The fraction of sp³-hybridized carbons (Fsp3) is 0.391. The molecule has 0 aliphatic carbocycles. The first-order valence-electron chi connectivity index (χ1n) is 9.78. The van der Waals surface area contributed by atoms with Gasteiger partial charge in [-0.05, 0) is 69.4 Å². The van der Waals surface area contributed by atoms with Crippen molar-refractivity contribution in [3.8, 4) is 0 Å².